The molecule has 1 rings (SSSR count). The molecule has 0 radical (unpaired) electrons. The van der Waals surface area contributed by atoms with Crippen molar-refractivity contribution in [2.75, 3.05) is 19.7 Å². The van der Waals surface area contributed by atoms with Crippen LogP contribution in [0.5, 0.6) is 5.75 Å². The van der Waals surface area contributed by atoms with Gasteiger partial charge in [0.05, 0.1) is 12.5 Å². The van der Waals surface area contributed by atoms with Gasteiger partial charge < -0.3 is 21.3 Å². The lowest BCUT2D eigenvalue weighted by atomic mass is 10.2. The number of rotatable bonds is 7. The Kier molecular flexibility index (Phi) is 5.81. The van der Waals surface area contributed by atoms with Crippen LogP contribution in [0.2, 0.25) is 0 Å². The molecule has 104 valence electrons. The molecule has 0 aliphatic carbocycles. The predicted octanol–water partition coefficient (Wildman–Crippen LogP) is 0.450. The number of hydrogen-bond donors (Lipinski definition) is 3. The number of benzene rings is 1. The van der Waals surface area contributed by atoms with Gasteiger partial charge in [-0.2, -0.15) is 0 Å². The zero-order valence-electron chi connectivity index (χ0n) is 10.9. The van der Waals surface area contributed by atoms with Crippen LogP contribution in [0.25, 0.3) is 0 Å². The van der Waals surface area contributed by atoms with Crippen molar-refractivity contribution in [2.24, 2.45) is 22.4 Å². The minimum atomic E-state index is -0.880. The van der Waals surface area contributed by atoms with E-state index >= 15 is 0 Å². The molecule has 0 bridgehead atoms. The second-order valence-corrected chi connectivity index (χ2v) is 4.13. The van der Waals surface area contributed by atoms with E-state index < -0.39 is 11.9 Å². The highest BCUT2D eigenvalue weighted by atomic mass is 16.5. The Morgan fingerprint density at radius 1 is 1.42 bits per heavy atom. The van der Waals surface area contributed by atoms with E-state index in [1.807, 2.05) is 0 Å². The van der Waals surface area contributed by atoms with Gasteiger partial charge in [-0.25, -0.2) is 0 Å². The van der Waals surface area contributed by atoms with Gasteiger partial charge in [0.25, 0.3) is 0 Å². The van der Waals surface area contributed by atoms with Crippen molar-refractivity contribution in [3.05, 3.63) is 29.8 Å². The molecule has 0 aliphatic rings. The zero-order chi connectivity index (χ0) is 14.3. The summed E-state index contributed by atoms with van der Waals surface area (Å²) < 4.78 is 5.36. The third-order valence-electron chi connectivity index (χ3n) is 2.48. The monoisotopic (exact) mass is 265 g/mol. The first-order valence-corrected chi connectivity index (χ1v) is 6.00. The van der Waals surface area contributed by atoms with Crippen molar-refractivity contribution in [2.45, 2.75) is 6.92 Å². The molecule has 0 spiro atoms. The maximum absolute atomic E-state index is 10.6. The standard InChI is InChI=1S/C13H19N3O3/c1-9(13(17)18)8-19-11-4-2-10(3-5-11)12(15)16-7-6-14/h2-5,9H,6-8,14H2,1H3,(H2,15,16)(H,17,18)/t9-/m0/s1. The average molecular weight is 265 g/mol. The molecular formula is C13H19N3O3. The normalized spacial score (nSPS) is 13.1. The second-order valence-electron chi connectivity index (χ2n) is 4.13. The Bertz CT molecular complexity index is 443. The molecule has 5 N–H and O–H groups in total. The third kappa shape index (κ3) is 4.97. The van der Waals surface area contributed by atoms with Gasteiger partial charge in [0.1, 0.15) is 18.2 Å². The van der Waals surface area contributed by atoms with Crippen LogP contribution in [0.1, 0.15) is 12.5 Å². The van der Waals surface area contributed by atoms with Gasteiger partial charge in [0, 0.05) is 12.1 Å². The molecule has 0 heterocycles. The van der Waals surface area contributed by atoms with Crippen molar-refractivity contribution >= 4 is 11.8 Å². The van der Waals surface area contributed by atoms with Crippen molar-refractivity contribution in [3.63, 3.8) is 0 Å². The van der Waals surface area contributed by atoms with E-state index in [0.717, 1.165) is 5.56 Å². The van der Waals surface area contributed by atoms with Gasteiger partial charge in [0.15, 0.2) is 0 Å². The molecule has 1 atom stereocenters. The lowest BCUT2D eigenvalue weighted by molar-refractivity contribution is -0.142. The van der Waals surface area contributed by atoms with E-state index in [1.54, 1.807) is 31.2 Å². The molecule has 0 amide bonds. The van der Waals surface area contributed by atoms with Crippen molar-refractivity contribution < 1.29 is 14.6 Å². The molecule has 0 saturated carbocycles. The molecule has 0 aliphatic heterocycles. The minimum Gasteiger partial charge on any atom is -0.493 e. The lowest BCUT2D eigenvalue weighted by Gasteiger charge is -2.09. The smallest absolute Gasteiger partial charge is 0.309 e. The largest absolute Gasteiger partial charge is 0.493 e. The fraction of sp³-hybridized carbons (Fsp3) is 0.385. The fourth-order valence-electron chi connectivity index (χ4n) is 1.29. The Hall–Kier alpha value is -2.08. The number of nitrogens with zero attached hydrogens (tertiary/aromatic N) is 1. The summed E-state index contributed by atoms with van der Waals surface area (Å²) in [4.78, 5) is 14.7. The summed E-state index contributed by atoms with van der Waals surface area (Å²) in [6, 6.07) is 7.01. The molecule has 6 nitrogen and oxygen atoms in total. The molecule has 1 aromatic carbocycles. The zero-order valence-corrected chi connectivity index (χ0v) is 10.9. The number of nitrogens with two attached hydrogens (primary N) is 2. The van der Waals surface area contributed by atoms with Crippen molar-refractivity contribution in [3.8, 4) is 5.75 Å². The fourth-order valence-corrected chi connectivity index (χ4v) is 1.29. The van der Waals surface area contributed by atoms with Crippen LogP contribution in [0.3, 0.4) is 0 Å². The highest BCUT2D eigenvalue weighted by molar-refractivity contribution is 5.97. The van der Waals surface area contributed by atoms with E-state index in [9.17, 15) is 4.79 Å². The van der Waals surface area contributed by atoms with Crippen LogP contribution >= 0.6 is 0 Å². The molecule has 0 unspecified atom stereocenters. The Morgan fingerprint density at radius 3 is 2.58 bits per heavy atom. The average Bonchev–Trinajstić information content (AvgIpc) is 2.42. The van der Waals surface area contributed by atoms with Crippen molar-refractivity contribution in [1.29, 1.82) is 0 Å². The summed E-state index contributed by atoms with van der Waals surface area (Å²) in [6.07, 6.45) is 0. The predicted molar refractivity (Wildman–Crippen MR) is 73.4 cm³/mol. The SMILES string of the molecule is C[C@@H](COc1ccc(C(N)=NCCN)cc1)C(=O)O. The first-order valence-electron chi connectivity index (χ1n) is 6.00. The number of ether oxygens (including phenoxy) is 1. The number of hydrogen-bond acceptors (Lipinski definition) is 4. The van der Waals surface area contributed by atoms with Crippen LogP contribution in [-0.2, 0) is 4.79 Å². The summed E-state index contributed by atoms with van der Waals surface area (Å²) in [5.74, 6) is -0.398. The van der Waals surface area contributed by atoms with E-state index in [2.05, 4.69) is 4.99 Å². The van der Waals surface area contributed by atoms with Gasteiger partial charge in [0.2, 0.25) is 0 Å². The first kappa shape index (κ1) is 15.0. The maximum Gasteiger partial charge on any atom is 0.309 e. The summed E-state index contributed by atoms with van der Waals surface area (Å²) in [5, 5.41) is 8.74. The number of carbonyl (C=O) groups is 1. The second kappa shape index (κ2) is 7.38. The van der Waals surface area contributed by atoms with Crippen LogP contribution in [0, 0.1) is 5.92 Å². The van der Waals surface area contributed by atoms with Gasteiger partial charge in [-0.3, -0.25) is 9.79 Å². The molecule has 0 saturated heterocycles. The minimum absolute atomic E-state index is 0.130. The van der Waals surface area contributed by atoms with Crippen LogP contribution in [0.4, 0.5) is 0 Å². The number of aliphatic imine (C=N–C) groups is 1. The summed E-state index contributed by atoms with van der Waals surface area (Å²) in [6.45, 7) is 2.66. The number of aliphatic carboxylic acids is 1. The topological polar surface area (TPSA) is 111 Å². The van der Waals surface area contributed by atoms with Crippen molar-refractivity contribution in [1.82, 2.24) is 0 Å². The molecule has 6 heteroatoms. The Labute approximate surface area is 112 Å². The van der Waals surface area contributed by atoms with E-state index in [0.29, 0.717) is 24.7 Å². The van der Waals surface area contributed by atoms with Crippen LogP contribution in [-0.4, -0.2) is 36.6 Å². The first-order chi connectivity index (χ1) is 9.04. The molecule has 0 aromatic heterocycles. The molecule has 1 aromatic rings. The van der Waals surface area contributed by atoms with Gasteiger partial charge in [-0.15, -0.1) is 0 Å². The van der Waals surface area contributed by atoms with Gasteiger partial charge in [-0.05, 0) is 31.2 Å². The highest BCUT2D eigenvalue weighted by Crippen LogP contribution is 2.13. The lowest BCUT2D eigenvalue weighted by Crippen LogP contribution is -2.18. The van der Waals surface area contributed by atoms with Gasteiger partial charge in [-0.1, -0.05) is 0 Å². The summed E-state index contributed by atoms with van der Waals surface area (Å²) >= 11 is 0. The molecular weight excluding hydrogens is 246 g/mol. The van der Waals surface area contributed by atoms with E-state index in [1.165, 1.54) is 0 Å². The van der Waals surface area contributed by atoms with E-state index in [-0.39, 0.29) is 6.61 Å². The highest BCUT2D eigenvalue weighted by Gasteiger charge is 2.11. The Morgan fingerprint density at radius 2 is 2.05 bits per heavy atom. The van der Waals surface area contributed by atoms with E-state index in [4.69, 9.17) is 21.3 Å². The number of carboxylic acid groups (broad SMARTS) is 1. The maximum atomic E-state index is 10.6. The summed E-state index contributed by atoms with van der Waals surface area (Å²) in [5.41, 5.74) is 11.9. The molecule has 19 heavy (non-hydrogen) atoms. The molecule has 0 fully saturated rings. The van der Waals surface area contributed by atoms with Crippen LogP contribution < -0.4 is 16.2 Å². The quantitative estimate of drug-likeness (QED) is 0.489. The summed E-state index contributed by atoms with van der Waals surface area (Å²) in [7, 11) is 0. The Balaban J connectivity index is 2.59. The number of carboxylic acids is 1. The third-order valence-corrected chi connectivity index (χ3v) is 2.48. The number of amidine groups is 1. The van der Waals surface area contributed by atoms with Crippen LogP contribution in [0.15, 0.2) is 29.3 Å². The van der Waals surface area contributed by atoms with Gasteiger partial charge >= 0.3 is 5.97 Å².